The number of anilines is 2. The molecule has 0 saturated heterocycles. The van der Waals surface area contributed by atoms with E-state index in [2.05, 4.69) is 15.5 Å². The van der Waals surface area contributed by atoms with E-state index >= 15 is 0 Å². The first-order chi connectivity index (χ1) is 11.7. The maximum Gasteiger partial charge on any atom is 0.205 e. The molecule has 1 heterocycles. The van der Waals surface area contributed by atoms with Crippen LogP contribution in [0, 0.1) is 0 Å². The molecule has 0 atom stereocenters. The van der Waals surface area contributed by atoms with Crippen LogP contribution in [0.1, 0.15) is 11.1 Å². The van der Waals surface area contributed by atoms with Gasteiger partial charge in [0.05, 0.1) is 6.21 Å². The highest BCUT2D eigenvalue weighted by molar-refractivity contribution is 7.14. The van der Waals surface area contributed by atoms with Gasteiger partial charge in [-0.3, -0.25) is 5.43 Å². The van der Waals surface area contributed by atoms with Crippen molar-refractivity contribution in [1.82, 2.24) is 4.98 Å². The number of hydrogen-bond donors (Lipinski definition) is 2. The standard InChI is InChI=1S/C17H15ClN4OS/c18-14-6-7-15(23-10-12-4-2-1-3-5-12)13(8-14)9-20-22-17-21-16(19)11-24-17/h1-9,11H,10,19H2,(H,21,22). The van der Waals surface area contributed by atoms with Gasteiger partial charge in [-0.15, -0.1) is 11.3 Å². The first-order valence-corrected chi connectivity index (χ1v) is 8.43. The maximum absolute atomic E-state index is 6.07. The molecule has 122 valence electrons. The molecule has 0 spiro atoms. The lowest BCUT2D eigenvalue weighted by Gasteiger charge is -2.09. The molecule has 0 saturated carbocycles. The molecule has 0 fully saturated rings. The van der Waals surface area contributed by atoms with Crippen molar-refractivity contribution >= 4 is 40.1 Å². The largest absolute Gasteiger partial charge is 0.488 e. The Morgan fingerprint density at radius 1 is 1.25 bits per heavy atom. The predicted molar refractivity (Wildman–Crippen MR) is 100.0 cm³/mol. The third-order valence-electron chi connectivity index (χ3n) is 3.09. The highest BCUT2D eigenvalue weighted by Gasteiger charge is 2.04. The second-order valence-corrected chi connectivity index (χ2v) is 6.20. The molecule has 7 heteroatoms. The molecule has 0 radical (unpaired) electrons. The summed E-state index contributed by atoms with van der Waals surface area (Å²) in [6.07, 6.45) is 1.64. The zero-order valence-electron chi connectivity index (χ0n) is 12.6. The van der Waals surface area contributed by atoms with Gasteiger partial charge in [-0.2, -0.15) is 5.10 Å². The van der Waals surface area contributed by atoms with Gasteiger partial charge < -0.3 is 10.5 Å². The molecule has 0 aliphatic heterocycles. The van der Waals surface area contributed by atoms with E-state index in [0.29, 0.717) is 28.3 Å². The fourth-order valence-corrected chi connectivity index (χ4v) is 2.71. The monoisotopic (exact) mass is 358 g/mol. The Labute approximate surface area is 148 Å². The Kier molecular flexibility index (Phi) is 5.30. The SMILES string of the molecule is Nc1csc(NN=Cc2cc(Cl)ccc2OCc2ccccc2)n1. The van der Waals surface area contributed by atoms with Crippen LogP contribution in [0.25, 0.3) is 0 Å². The summed E-state index contributed by atoms with van der Waals surface area (Å²) in [5.74, 6) is 1.17. The number of thiazole rings is 1. The minimum atomic E-state index is 0.465. The van der Waals surface area contributed by atoms with Crippen molar-refractivity contribution < 1.29 is 4.74 Å². The van der Waals surface area contributed by atoms with Crippen molar-refractivity contribution in [3.63, 3.8) is 0 Å². The number of nitrogen functional groups attached to an aromatic ring is 1. The molecule has 0 aliphatic carbocycles. The lowest BCUT2D eigenvalue weighted by atomic mass is 10.2. The molecule has 0 unspecified atom stereocenters. The van der Waals surface area contributed by atoms with E-state index in [4.69, 9.17) is 22.1 Å². The fraction of sp³-hybridized carbons (Fsp3) is 0.0588. The zero-order chi connectivity index (χ0) is 16.8. The molecule has 1 aromatic heterocycles. The number of hydrogen-bond acceptors (Lipinski definition) is 6. The second-order valence-electron chi connectivity index (χ2n) is 4.90. The molecule has 5 nitrogen and oxygen atoms in total. The van der Waals surface area contributed by atoms with Crippen LogP contribution >= 0.6 is 22.9 Å². The van der Waals surface area contributed by atoms with E-state index in [9.17, 15) is 0 Å². The van der Waals surface area contributed by atoms with E-state index in [1.807, 2.05) is 36.4 Å². The number of nitrogens with two attached hydrogens (primary N) is 1. The maximum atomic E-state index is 6.07. The van der Waals surface area contributed by atoms with Gasteiger partial charge in [0.25, 0.3) is 0 Å². The molecular formula is C17H15ClN4OS. The third-order valence-corrected chi connectivity index (χ3v) is 4.10. The van der Waals surface area contributed by atoms with Crippen molar-refractivity contribution in [2.24, 2.45) is 5.10 Å². The molecule has 0 amide bonds. The lowest BCUT2D eigenvalue weighted by Crippen LogP contribution is -1.99. The minimum Gasteiger partial charge on any atom is -0.488 e. The molecule has 24 heavy (non-hydrogen) atoms. The van der Waals surface area contributed by atoms with Gasteiger partial charge in [-0.05, 0) is 23.8 Å². The van der Waals surface area contributed by atoms with Crippen LogP contribution in [0.15, 0.2) is 59.0 Å². The van der Waals surface area contributed by atoms with Gasteiger partial charge in [0.15, 0.2) is 0 Å². The summed E-state index contributed by atoms with van der Waals surface area (Å²) in [7, 11) is 0. The molecule has 3 rings (SSSR count). The molecular weight excluding hydrogens is 344 g/mol. The predicted octanol–water partition coefficient (Wildman–Crippen LogP) is 4.40. The number of ether oxygens (including phenoxy) is 1. The Hall–Kier alpha value is -2.57. The number of benzene rings is 2. The molecule has 0 bridgehead atoms. The summed E-state index contributed by atoms with van der Waals surface area (Å²) in [6.45, 7) is 0.472. The smallest absolute Gasteiger partial charge is 0.205 e. The average molecular weight is 359 g/mol. The van der Waals surface area contributed by atoms with Gasteiger partial charge in [-0.25, -0.2) is 4.98 Å². The first-order valence-electron chi connectivity index (χ1n) is 7.17. The van der Waals surface area contributed by atoms with Crippen LogP contribution in [0.5, 0.6) is 5.75 Å². The number of halogens is 1. The van der Waals surface area contributed by atoms with Gasteiger partial charge in [0.2, 0.25) is 5.13 Å². The second kappa shape index (κ2) is 7.81. The van der Waals surface area contributed by atoms with Crippen molar-refractivity contribution in [3.8, 4) is 5.75 Å². The van der Waals surface area contributed by atoms with Crippen LogP contribution in [-0.4, -0.2) is 11.2 Å². The van der Waals surface area contributed by atoms with Crippen LogP contribution in [0.4, 0.5) is 10.9 Å². The van der Waals surface area contributed by atoms with Crippen molar-refractivity contribution in [2.45, 2.75) is 6.61 Å². The number of nitrogens with zero attached hydrogens (tertiary/aromatic N) is 2. The van der Waals surface area contributed by atoms with Crippen LogP contribution in [-0.2, 0) is 6.61 Å². The minimum absolute atomic E-state index is 0.465. The fourth-order valence-electron chi connectivity index (χ4n) is 1.98. The van der Waals surface area contributed by atoms with Gasteiger partial charge in [0, 0.05) is 16.0 Å². The van der Waals surface area contributed by atoms with Crippen molar-refractivity contribution in [1.29, 1.82) is 0 Å². The van der Waals surface area contributed by atoms with E-state index < -0.39 is 0 Å². The summed E-state index contributed by atoms with van der Waals surface area (Å²) in [5.41, 5.74) is 10.3. The Morgan fingerprint density at radius 3 is 2.83 bits per heavy atom. The van der Waals surface area contributed by atoms with E-state index in [1.165, 1.54) is 11.3 Å². The van der Waals surface area contributed by atoms with Gasteiger partial charge in [-0.1, -0.05) is 41.9 Å². The molecule has 0 aliphatic rings. The Balaban J connectivity index is 1.70. The quantitative estimate of drug-likeness (QED) is 0.506. The lowest BCUT2D eigenvalue weighted by molar-refractivity contribution is 0.306. The first kappa shape index (κ1) is 16.3. The van der Waals surface area contributed by atoms with Crippen LogP contribution in [0.3, 0.4) is 0 Å². The van der Waals surface area contributed by atoms with Crippen molar-refractivity contribution in [2.75, 3.05) is 11.2 Å². The number of hydrazone groups is 1. The molecule has 3 N–H and O–H groups in total. The average Bonchev–Trinajstić information content (AvgIpc) is 3.00. The van der Waals surface area contributed by atoms with Crippen molar-refractivity contribution in [3.05, 3.63) is 70.1 Å². The molecule has 2 aromatic carbocycles. The van der Waals surface area contributed by atoms with E-state index in [1.54, 1.807) is 23.7 Å². The topological polar surface area (TPSA) is 72.5 Å². The van der Waals surface area contributed by atoms with Gasteiger partial charge >= 0.3 is 0 Å². The number of nitrogens with one attached hydrogen (secondary N) is 1. The zero-order valence-corrected chi connectivity index (χ0v) is 14.2. The highest BCUT2D eigenvalue weighted by atomic mass is 35.5. The normalized spacial score (nSPS) is 10.9. The Bertz CT molecular complexity index is 836. The van der Waals surface area contributed by atoms with Gasteiger partial charge in [0.1, 0.15) is 18.2 Å². The van der Waals surface area contributed by atoms with E-state index in [0.717, 1.165) is 11.1 Å². The number of rotatable bonds is 6. The van der Waals surface area contributed by atoms with Crippen LogP contribution < -0.4 is 15.9 Å². The summed E-state index contributed by atoms with van der Waals surface area (Å²) in [6, 6.07) is 15.4. The van der Waals surface area contributed by atoms with Crippen LogP contribution in [0.2, 0.25) is 5.02 Å². The summed E-state index contributed by atoms with van der Waals surface area (Å²) in [4.78, 5) is 4.07. The molecule has 3 aromatic rings. The summed E-state index contributed by atoms with van der Waals surface area (Å²) < 4.78 is 5.87. The summed E-state index contributed by atoms with van der Waals surface area (Å²) >= 11 is 7.45. The summed E-state index contributed by atoms with van der Waals surface area (Å²) in [5, 5.41) is 7.14. The highest BCUT2D eigenvalue weighted by Crippen LogP contribution is 2.23. The van der Waals surface area contributed by atoms with E-state index in [-0.39, 0.29) is 0 Å². The number of aromatic nitrogens is 1. The third kappa shape index (κ3) is 4.47. The Morgan fingerprint density at radius 2 is 2.08 bits per heavy atom.